The number of rotatable bonds is 1. The fraction of sp³-hybridized carbons (Fsp3) is 0.714. The van der Waals surface area contributed by atoms with Crippen LogP contribution in [0.3, 0.4) is 0 Å². The maximum absolute atomic E-state index is 8.69. The average molecular weight is 221 g/mol. The number of allylic oxidation sites excluding steroid dienone is 2. The lowest BCUT2D eigenvalue weighted by Gasteiger charge is -1.97. The quantitative estimate of drug-likeness (QED) is 0.663. The van der Waals surface area contributed by atoms with Gasteiger partial charge in [-0.25, -0.2) is 0 Å². The third kappa shape index (κ3) is 3.40. The Morgan fingerprint density at radius 2 is 1.82 bits per heavy atom. The molecule has 2 nitrogen and oxygen atoms in total. The van der Waals surface area contributed by atoms with Crippen LogP contribution < -0.4 is 0 Å². The topological polar surface area (TPSA) is 40.5 Å². The monoisotopic (exact) mass is 220 g/mol. The highest BCUT2D eigenvalue weighted by Crippen LogP contribution is 2.30. The first-order chi connectivity index (χ1) is 5.22. The van der Waals surface area contributed by atoms with E-state index in [2.05, 4.69) is 15.9 Å². The van der Waals surface area contributed by atoms with Gasteiger partial charge in [0.05, 0.1) is 0 Å². The van der Waals surface area contributed by atoms with E-state index in [1.54, 1.807) is 0 Å². The summed E-state index contributed by atoms with van der Waals surface area (Å²) in [6, 6.07) is 0. The second-order valence-electron chi connectivity index (χ2n) is 2.16. The zero-order valence-electron chi connectivity index (χ0n) is 6.97. The minimum Gasteiger partial charge on any atom is -0.423 e. The van der Waals surface area contributed by atoms with E-state index >= 15 is 0 Å². The maximum atomic E-state index is 8.69. The third-order valence-electron chi connectivity index (χ3n) is 1.50. The van der Waals surface area contributed by atoms with Crippen molar-refractivity contribution in [3.8, 4) is 0 Å². The molecule has 4 heteroatoms. The molecule has 1 rings (SSSR count). The Morgan fingerprint density at radius 3 is 2.00 bits per heavy atom. The van der Waals surface area contributed by atoms with E-state index in [4.69, 9.17) is 10.0 Å². The molecule has 1 aliphatic rings. The van der Waals surface area contributed by atoms with Crippen molar-refractivity contribution in [3.05, 3.63) is 9.95 Å². The van der Waals surface area contributed by atoms with Crippen LogP contribution in [0.1, 0.15) is 33.1 Å². The second-order valence-corrected chi connectivity index (χ2v) is 3.11. The van der Waals surface area contributed by atoms with E-state index in [-0.39, 0.29) is 0 Å². The molecule has 0 unspecified atom stereocenters. The van der Waals surface area contributed by atoms with Gasteiger partial charge >= 0.3 is 7.12 Å². The van der Waals surface area contributed by atoms with Gasteiger partial charge in [0.1, 0.15) is 0 Å². The van der Waals surface area contributed by atoms with E-state index in [1.807, 2.05) is 13.8 Å². The number of hydrogen-bond donors (Lipinski definition) is 2. The Labute approximate surface area is 76.6 Å². The van der Waals surface area contributed by atoms with Crippen LogP contribution in [0.15, 0.2) is 9.95 Å². The molecule has 0 saturated heterocycles. The van der Waals surface area contributed by atoms with Gasteiger partial charge in [-0.05, 0) is 29.2 Å². The third-order valence-corrected chi connectivity index (χ3v) is 2.41. The van der Waals surface area contributed by atoms with Crippen molar-refractivity contribution in [2.45, 2.75) is 33.1 Å². The predicted octanol–water partition coefficient (Wildman–Crippen LogP) is 1.86. The maximum Gasteiger partial charge on any atom is 0.484 e. The standard InChI is InChI=1S/C5H8BBrO2.C2H6/c7-5-3-1-2-4(5)6(8)9;1-2/h8-9H,1-3H2;1-2H3. The summed E-state index contributed by atoms with van der Waals surface area (Å²) < 4.78 is 0.970. The average Bonchev–Trinajstić information content (AvgIpc) is 2.39. The second kappa shape index (κ2) is 5.80. The molecule has 1 aliphatic carbocycles. The van der Waals surface area contributed by atoms with Crippen LogP contribution in [0.2, 0.25) is 0 Å². The van der Waals surface area contributed by atoms with E-state index in [9.17, 15) is 0 Å². The molecule has 0 spiro atoms. The lowest BCUT2D eigenvalue weighted by Crippen LogP contribution is -2.14. The molecule has 2 N–H and O–H groups in total. The van der Waals surface area contributed by atoms with Crippen molar-refractivity contribution in [2.75, 3.05) is 0 Å². The van der Waals surface area contributed by atoms with Crippen LogP contribution in [-0.4, -0.2) is 17.2 Å². The molecule has 0 atom stereocenters. The highest BCUT2D eigenvalue weighted by atomic mass is 79.9. The zero-order valence-corrected chi connectivity index (χ0v) is 8.56. The first-order valence-electron chi connectivity index (χ1n) is 3.95. The van der Waals surface area contributed by atoms with E-state index in [0.29, 0.717) is 0 Å². The highest BCUT2D eigenvalue weighted by molar-refractivity contribution is 9.11. The number of hydrogen-bond acceptors (Lipinski definition) is 2. The Morgan fingerprint density at radius 1 is 1.27 bits per heavy atom. The van der Waals surface area contributed by atoms with E-state index in [0.717, 1.165) is 29.2 Å². The van der Waals surface area contributed by atoms with Crippen molar-refractivity contribution in [3.63, 3.8) is 0 Å². The molecular formula is C7H14BBrO2. The van der Waals surface area contributed by atoms with Crippen molar-refractivity contribution in [1.29, 1.82) is 0 Å². The Kier molecular flexibility index (Phi) is 5.91. The van der Waals surface area contributed by atoms with Crippen LogP contribution in [0, 0.1) is 0 Å². The van der Waals surface area contributed by atoms with Crippen LogP contribution in [0.5, 0.6) is 0 Å². The largest absolute Gasteiger partial charge is 0.484 e. The first kappa shape index (κ1) is 11.2. The summed E-state index contributed by atoms with van der Waals surface area (Å²) in [6.07, 6.45) is 2.80. The molecule has 0 aromatic rings. The molecular weight excluding hydrogens is 207 g/mol. The van der Waals surface area contributed by atoms with Gasteiger partial charge in [0, 0.05) is 0 Å². The van der Waals surface area contributed by atoms with Crippen molar-refractivity contribution in [1.82, 2.24) is 0 Å². The van der Waals surface area contributed by atoms with Gasteiger partial charge in [-0.1, -0.05) is 29.8 Å². The smallest absolute Gasteiger partial charge is 0.423 e. The van der Waals surface area contributed by atoms with Crippen LogP contribution in [0.4, 0.5) is 0 Å². The Balaban J connectivity index is 0.000000461. The van der Waals surface area contributed by atoms with Gasteiger partial charge in [-0.3, -0.25) is 0 Å². The minimum absolute atomic E-state index is 0.745. The summed E-state index contributed by atoms with van der Waals surface area (Å²) in [5.74, 6) is 0. The molecule has 0 amide bonds. The summed E-state index contributed by atoms with van der Waals surface area (Å²) in [5.41, 5.74) is 0.745. The zero-order chi connectivity index (χ0) is 8.85. The summed E-state index contributed by atoms with van der Waals surface area (Å²) in [4.78, 5) is 0. The molecule has 0 aliphatic heterocycles. The molecule has 0 aromatic heterocycles. The van der Waals surface area contributed by atoms with Crippen molar-refractivity contribution < 1.29 is 10.0 Å². The van der Waals surface area contributed by atoms with Gasteiger partial charge in [0.15, 0.2) is 0 Å². The highest BCUT2D eigenvalue weighted by Gasteiger charge is 2.22. The van der Waals surface area contributed by atoms with Crippen molar-refractivity contribution >= 4 is 23.0 Å². The predicted molar refractivity (Wildman–Crippen MR) is 51.3 cm³/mol. The van der Waals surface area contributed by atoms with Crippen LogP contribution >= 0.6 is 15.9 Å². The lowest BCUT2D eigenvalue weighted by atomic mass is 9.79. The lowest BCUT2D eigenvalue weighted by molar-refractivity contribution is 0.417. The van der Waals surface area contributed by atoms with Crippen LogP contribution in [-0.2, 0) is 0 Å². The Hall–Kier alpha value is 0.205. The van der Waals surface area contributed by atoms with Crippen molar-refractivity contribution in [2.24, 2.45) is 0 Å². The van der Waals surface area contributed by atoms with Gasteiger partial charge in [-0.2, -0.15) is 0 Å². The fourth-order valence-corrected chi connectivity index (χ4v) is 1.68. The molecule has 0 fully saturated rings. The summed E-state index contributed by atoms with van der Waals surface area (Å²) in [6.45, 7) is 4.00. The van der Waals surface area contributed by atoms with Gasteiger partial charge in [-0.15, -0.1) is 0 Å². The molecule has 64 valence electrons. The summed E-state index contributed by atoms with van der Waals surface area (Å²) >= 11 is 3.26. The SMILES string of the molecule is CC.OB(O)C1=C(Br)CCC1. The minimum atomic E-state index is -1.25. The fourth-order valence-electron chi connectivity index (χ4n) is 0.999. The summed E-state index contributed by atoms with van der Waals surface area (Å²) in [7, 11) is -1.25. The molecule has 0 radical (unpaired) electrons. The molecule has 11 heavy (non-hydrogen) atoms. The molecule has 0 saturated carbocycles. The molecule has 0 heterocycles. The molecule has 0 aromatic carbocycles. The van der Waals surface area contributed by atoms with Gasteiger partial charge < -0.3 is 10.0 Å². The van der Waals surface area contributed by atoms with E-state index < -0.39 is 7.12 Å². The van der Waals surface area contributed by atoms with Gasteiger partial charge in [0.2, 0.25) is 0 Å². The van der Waals surface area contributed by atoms with Gasteiger partial charge in [0.25, 0.3) is 0 Å². The van der Waals surface area contributed by atoms with E-state index in [1.165, 1.54) is 0 Å². The first-order valence-corrected chi connectivity index (χ1v) is 4.74. The van der Waals surface area contributed by atoms with Crippen LogP contribution in [0.25, 0.3) is 0 Å². The number of halogens is 1. The molecule has 0 bridgehead atoms. The normalized spacial score (nSPS) is 16.1. The summed E-state index contributed by atoms with van der Waals surface area (Å²) in [5, 5.41) is 17.4. The Bertz CT molecular complexity index is 145.